The number of carbonyl (C=O) groups excluding carboxylic acids is 1. The Morgan fingerprint density at radius 3 is 2.71 bits per heavy atom. The van der Waals surface area contributed by atoms with Gasteiger partial charge in [0, 0.05) is 50.0 Å². The molecular weight excluding hydrogens is 262 g/mol. The molecule has 0 radical (unpaired) electrons. The Morgan fingerprint density at radius 2 is 1.95 bits per heavy atom. The predicted octanol–water partition coefficient (Wildman–Crippen LogP) is 2.34. The van der Waals surface area contributed by atoms with Crippen LogP contribution in [0.5, 0.6) is 0 Å². The van der Waals surface area contributed by atoms with Crippen LogP contribution < -0.4 is 0 Å². The molecule has 1 N–H and O–H groups in total. The molecule has 1 aromatic heterocycles. The van der Waals surface area contributed by atoms with E-state index in [4.69, 9.17) is 0 Å². The summed E-state index contributed by atoms with van der Waals surface area (Å²) in [7, 11) is 0. The summed E-state index contributed by atoms with van der Waals surface area (Å²) in [4.78, 5) is 20.3. The number of piperazine rings is 1. The van der Waals surface area contributed by atoms with Crippen LogP contribution >= 0.6 is 0 Å². The number of nitrogens with one attached hydrogen (secondary N) is 1. The van der Waals surface area contributed by atoms with E-state index in [0.717, 1.165) is 48.6 Å². The summed E-state index contributed by atoms with van der Waals surface area (Å²) in [5, 5.41) is 1.15. The Kier molecular flexibility index (Phi) is 3.19. The lowest BCUT2D eigenvalue weighted by atomic mass is 10.1. The number of hydrogen-bond acceptors (Lipinski definition) is 2. The number of amides is 1. The summed E-state index contributed by atoms with van der Waals surface area (Å²) in [5.41, 5.74) is 1.83. The van der Waals surface area contributed by atoms with Crippen LogP contribution in [0.4, 0.5) is 0 Å². The third-order valence-corrected chi connectivity index (χ3v) is 4.67. The second kappa shape index (κ2) is 5.19. The number of aromatic nitrogens is 1. The van der Waals surface area contributed by atoms with Gasteiger partial charge in [-0.25, -0.2) is 0 Å². The average molecular weight is 283 g/mol. The summed E-state index contributed by atoms with van der Waals surface area (Å²) in [6.45, 7) is 4.99. The van der Waals surface area contributed by atoms with Gasteiger partial charge in [0.25, 0.3) is 5.91 Å². The van der Waals surface area contributed by atoms with E-state index in [9.17, 15) is 4.79 Å². The largest absolute Gasteiger partial charge is 0.361 e. The fraction of sp³-hybridized carbons (Fsp3) is 0.471. The van der Waals surface area contributed by atoms with Crippen molar-refractivity contribution in [3.8, 4) is 0 Å². The SMILES string of the molecule is O=C(c1ccc2cc[nH]c2c1)N1CCN(CC2CC2)CC1. The molecule has 1 saturated carbocycles. The number of rotatable bonds is 3. The Bertz CT molecular complexity index is 651. The van der Waals surface area contributed by atoms with Gasteiger partial charge in [-0.05, 0) is 42.3 Å². The fourth-order valence-electron chi connectivity index (χ4n) is 3.16. The highest BCUT2D eigenvalue weighted by molar-refractivity contribution is 5.98. The van der Waals surface area contributed by atoms with Crippen molar-refractivity contribution in [1.29, 1.82) is 0 Å². The van der Waals surface area contributed by atoms with Crippen LogP contribution in [0, 0.1) is 5.92 Å². The van der Waals surface area contributed by atoms with Gasteiger partial charge in [0.05, 0.1) is 0 Å². The Hall–Kier alpha value is -1.81. The molecule has 1 aromatic carbocycles. The smallest absolute Gasteiger partial charge is 0.254 e. The number of hydrogen-bond donors (Lipinski definition) is 1. The van der Waals surface area contributed by atoms with E-state index in [1.54, 1.807) is 0 Å². The van der Waals surface area contributed by atoms with E-state index in [-0.39, 0.29) is 5.91 Å². The lowest BCUT2D eigenvalue weighted by Crippen LogP contribution is -2.49. The van der Waals surface area contributed by atoms with E-state index < -0.39 is 0 Å². The van der Waals surface area contributed by atoms with Crippen LogP contribution in [0.2, 0.25) is 0 Å². The van der Waals surface area contributed by atoms with Crippen LogP contribution in [0.15, 0.2) is 30.5 Å². The molecule has 0 unspecified atom stereocenters. The predicted molar refractivity (Wildman–Crippen MR) is 83.4 cm³/mol. The molecule has 0 bridgehead atoms. The minimum absolute atomic E-state index is 0.164. The maximum Gasteiger partial charge on any atom is 0.254 e. The molecule has 4 nitrogen and oxygen atoms in total. The van der Waals surface area contributed by atoms with Crippen molar-refractivity contribution < 1.29 is 4.79 Å². The number of nitrogens with zero attached hydrogens (tertiary/aromatic N) is 2. The van der Waals surface area contributed by atoms with Crippen LogP contribution in [0.25, 0.3) is 10.9 Å². The zero-order valence-corrected chi connectivity index (χ0v) is 12.2. The van der Waals surface area contributed by atoms with Crippen LogP contribution in [-0.4, -0.2) is 53.4 Å². The van der Waals surface area contributed by atoms with Gasteiger partial charge < -0.3 is 9.88 Å². The Morgan fingerprint density at radius 1 is 1.14 bits per heavy atom. The maximum absolute atomic E-state index is 12.6. The van der Waals surface area contributed by atoms with E-state index >= 15 is 0 Å². The number of fused-ring (bicyclic) bond motifs is 1. The van der Waals surface area contributed by atoms with Gasteiger partial charge in [-0.15, -0.1) is 0 Å². The molecule has 110 valence electrons. The molecule has 1 aliphatic carbocycles. The average Bonchev–Trinajstić information content (AvgIpc) is 3.21. The molecule has 2 aliphatic rings. The van der Waals surface area contributed by atoms with Gasteiger partial charge in [0.2, 0.25) is 0 Å². The lowest BCUT2D eigenvalue weighted by molar-refractivity contribution is 0.0632. The molecule has 1 amide bonds. The van der Waals surface area contributed by atoms with Crippen molar-refractivity contribution >= 4 is 16.8 Å². The van der Waals surface area contributed by atoms with Crippen molar-refractivity contribution in [2.75, 3.05) is 32.7 Å². The third-order valence-electron chi connectivity index (χ3n) is 4.67. The highest BCUT2D eigenvalue weighted by Crippen LogP contribution is 2.30. The summed E-state index contributed by atoms with van der Waals surface area (Å²) in [5.74, 6) is 1.10. The lowest BCUT2D eigenvalue weighted by Gasteiger charge is -2.34. The molecule has 4 rings (SSSR count). The van der Waals surface area contributed by atoms with E-state index in [0.29, 0.717) is 0 Å². The number of benzene rings is 1. The van der Waals surface area contributed by atoms with Crippen molar-refractivity contribution in [3.05, 3.63) is 36.0 Å². The molecular formula is C17H21N3O. The van der Waals surface area contributed by atoms with Crippen molar-refractivity contribution in [3.63, 3.8) is 0 Å². The zero-order chi connectivity index (χ0) is 14.2. The van der Waals surface area contributed by atoms with Gasteiger partial charge in [-0.1, -0.05) is 6.07 Å². The molecule has 1 aliphatic heterocycles. The highest BCUT2D eigenvalue weighted by Gasteiger charge is 2.27. The van der Waals surface area contributed by atoms with E-state index in [1.807, 2.05) is 35.4 Å². The number of carbonyl (C=O) groups is 1. The van der Waals surface area contributed by atoms with Crippen molar-refractivity contribution in [2.45, 2.75) is 12.8 Å². The van der Waals surface area contributed by atoms with Gasteiger partial charge in [0.15, 0.2) is 0 Å². The number of H-pyrrole nitrogens is 1. The standard InChI is InChI=1S/C17H21N3O/c21-17(15-4-3-14-5-6-18-16(14)11-15)20-9-7-19(8-10-20)12-13-1-2-13/h3-6,11,13,18H,1-2,7-10,12H2. The van der Waals surface area contributed by atoms with Crippen LogP contribution in [-0.2, 0) is 0 Å². The summed E-state index contributed by atoms with van der Waals surface area (Å²) in [6.07, 6.45) is 4.71. The molecule has 0 atom stereocenters. The van der Waals surface area contributed by atoms with Gasteiger partial charge >= 0.3 is 0 Å². The molecule has 2 aromatic rings. The second-order valence-electron chi connectivity index (χ2n) is 6.32. The Labute approximate surface area is 124 Å². The second-order valence-corrected chi connectivity index (χ2v) is 6.32. The van der Waals surface area contributed by atoms with E-state index in [2.05, 4.69) is 9.88 Å². The quantitative estimate of drug-likeness (QED) is 0.939. The first kappa shape index (κ1) is 12.9. The minimum atomic E-state index is 0.164. The molecule has 2 fully saturated rings. The zero-order valence-electron chi connectivity index (χ0n) is 12.2. The first-order valence-electron chi connectivity index (χ1n) is 7.88. The van der Waals surface area contributed by atoms with Gasteiger partial charge in [0.1, 0.15) is 0 Å². The van der Waals surface area contributed by atoms with E-state index in [1.165, 1.54) is 19.4 Å². The van der Waals surface area contributed by atoms with Gasteiger partial charge in [-0.3, -0.25) is 9.69 Å². The van der Waals surface area contributed by atoms with Gasteiger partial charge in [-0.2, -0.15) is 0 Å². The molecule has 21 heavy (non-hydrogen) atoms. The summed E-state index contributed by atoms with van der Waals surface area (Å²) in [6, 6.07) is 7.95. The normalized spacial score (nSPS) is 20.1. The molecule has 2 heterocycles. The highest BCUT2D eigenvalue weighted by atomic mass is 16.2. The number of aromatic amines is 1. The van der Waals surface area contributed by atoms with Crippen molar-refractivity contribution in [2.24, 2.45) is 5.92 Å². The Balaban J connectivity index is 1.42. The summed E-state index contributed by atoms with van der Waals surface area (Å²) >= 11 is 0. The first-order chi connectivity index (χ1) is 10.3. The molecule has 4 heteroatoms. The molecule has 1 saturated heterocycles. The fourth-order valence-corrected chi connectivity index (χ4v) is 3.16. The third kappa shape index (κ3) is 2.68. The van der Waals surface area contributed by atoms with Crippen LogP contribution in [0.3, 0.4) is 0 Å². The van der Waals surface area contributed by atoms with Crippen molar-refractivity contribution in [1.82, 2.24) is 14.8 Å². The van der Waals surface area contributed by atoms with Crippen LogP contribution in [0.1, 0.15) is 23.2 Å². The topological polar surface area (TPSA) is 39.3 Å². The maximum atomic E-state index is 12.6. The first-order valence-corrected chi connectivity index (χ1v) is 7.88. The summed E-state index contributed by atoms with van der Waals surface area (Å²) < 4.78 is 0. The monoisotopic (exact) mass is 283 g/mol. The minimum Gasteiger partial charge on any atom is -0.361 e. The molecule has 0 spiro atoms.